The molecule has 0 atom stereocenters. The van der Waals surface area contributed by atoms with E-state index < -0.39 is 18.5 Å². The Morgan fingerprint density at radius 1 is 0.935 bits per heavy atom. The molecule has 0 spiro atoms. The van der Waals surface area contributed by atoms with Gasteiger partial charge in [-0.2, -0.15) is 0 Å². The van der Waals surface area contributed by atoms with Gasteiger partial charge in [-0.05, 0) is 29.8 Å². The number of aryl methyl sites for hydroxylation is 1. The van der Waals surface area contributed by atoms with Gasteiger partial charge in [0.2, 0.25) is 5.88 Å². The number of esters is 1. The molecule has 7 heteroatoms. The third kappa shape index (κ3) is 5.27. The number of carbonyl (C=O) groups excluding carboxylic acids is 2. The van der Waals surface area contributed by atoms with Crippen LogP contribution in [0, 0.1) is 6.92 Å². The molecule has 0 radical (unpaired) electrons. The number of hydrogen-bond donors (Lipinski definition) is 1. The fourth-order valence-electron chi connectivity index (χ4n) is 2.96. The zero-order valence-corrected chi connectivity index (χ0v) is 16.8. The van der Waals surface area contributed by atoms with Crippen LogP contribution in [0.4, 0.5) is 5.88 Å². The number of aromatic nitrogens is 1. The van der Waals surface area contributed by atoms with Crippen molar-refractivity contribution >= 4 is 28.5 Å². The molecule has 1 aromatic heterocycles. The number of benzene rings is 3. The van der Waals surface area contributed by atoms with E-state index in [2.05, 4.69) is 10.5 Å². The van der Waals surface area contributed by atoms with Gasteiger partial charge in [0.25, 0.3) is 5.91 Å². The van der Waals surface area contributed by atoms with E-state index >= 15 is 0 Å². The van der Waals surface area contributed by atoms with Crippen LogP contribution < -0.4 is 10.1 Å². The number of nitrogens with zero attached hydrogens (tertiary/aromatic N) is 1. The van der Waals surface area contributed by atoms with Crippen LogP contribution in [0.2, 0.25) is 0 Å². The van der Waals surface area contributed by atoms with Crippen molar-refractivity contribution in [3.05, 3.63) is 78.4 Å². The van der Waals surface area contributed by atoms with E-state index in [1.165, 1.54) is 0 Å². The van der Waals surface area contributed by atoms with Crippen molar-refractivity contribution in [2.24, 2.45) is 0 Å². The number of anilines is 1. The Balaban J connectivity index is 1.24. The lowest BCUT2D eigenvalue weighted by molar-refractivity contribution is -0.149. The summed E-state index contributed by atoms with van der Waals surface area (Å²) in [6.45, 7) is 1.23. The van der Waals surface area contributed by atoms with Gasteiger partial charge in [-0.1, -0.05) is 65.3 Å². The standard InChI is InChI=1S/C24H20N2O5/c1-16-6-8-18(9-7-16)21-13-23(31-26-21)25-22(27)14-30-24(28)15-29-20-11-10-17-4-2-3-5-19(17)12-20/h2-13H,14-15H2,1H3,(H,25,27). The summed E-state index contributed by atoms with van der Waals surface area (Å²) in [6.07, 6.45) is 0. The second-order valence-corrected chi connectivity index (χ2v) is 6.95. The lowest BCUT2D eigenvalue weighted by Crippen LogP contribution is -2.23. The van der Waals surface area contributed by atoms with Gasteiger partial charge in [0, 0.05) is 11.6 Å². The molecule has 0 aliphatic rings. The predicted octanol–water partition coefficient (Wildman–Crippen LogP) is 4.36. The maximum Gasteiger partial charge on any atom is 0.344 e. The molecule has 1 heterocycles. The third-order valence-corrected chi connectivity index (χ3v) is 4.56. The van der Waals surface area contributed by atoms with Crippen LogP contribution in [-0.2, 0) is 14.3 Å². The summed E-state index contributed by atoms with van der Waals surface area (Å²) in [5.74, 6) is -0.471. The highest BCUT2D eigenvalue weighted by atomic mass is 16.6. The normalized spacial score (nSPS) is 10.6. The van der Waals surface area contributed by atoms with Gasteiger partial charge in [0.15, 0.2) is 13.2 Å². The fraction of sp³-hybridized carbons (Fsp3) is 0.125. The summed E-state index contributed by atoms with van der Waals surface area (Å²) < 4.78 is 15.5. The second kappa shape index (κ2) is 9.13. The van der Waals surface area contributed by atoms with E-state index in [0.29, 0.717) is 11.4 Å². The molecule has 1 amide bonds. The lowest BCUT2D eigenvalue weighted by atomic mass is 10.1. The quantitative estimate of drug-likeness (QED) is 0.450. The van der Waals surface area contributed by atoms with Gasteiger partial charge >= 0.3 is 5.97 Å². The summed E-state index contributed by atoms with van der Waals surface area (Å²) in [7, 11) is 0. The first-order chi connectivity index (χ1) is 15.1. The summed E-state index contributed by atoms with van der Waals surface area (Å²) in [6, 6.07) is 22.7. The van der Waals surface area contributed by atoms with Gasteiger partial charge in [-0.3, -0.25) is 10.1 Å². The molecule has 7 nitrogen and oxygen atoms in total. The molecule has 0 fully saturated rings. The minimum atomic E-state index is -0.652. The molecule has 0 bridgehead atoms. The Hall–Kier alpha value is -4.13. The van der Waals surface area contributed by atoms with Crippen molar-refractivity contribution in [2.45, 2.75) is 6.92 Å². The zero-order valence-electron chi connectivity index (χ0n) is 16.8. The minimum Gasteiger partial charge on any atom is -0.482 e. The molecule has 0 aliphatic heterocycles. The number of amides is 1. The first-order valence-electron chi connectivity index (χ1n) is 9.68. The number of rotatable bonds is 7. The van der Waals surface area contributed by atoms with Crippen LogP contribution in [0.25, 0.3) is 22.0 Å². The monoisotopic (exact) mass is 416 g/mol. The topological polar surface area (TPSA) is 90.7 Å². The highest BCUT2D eigenvalue weighted by Crippen LogP contribution is 2.22. The third-order valence-electron chi connectivity index (χ3n) is 4.56. The molecule has 0 unspecified atom stereocenters. The first-order valence-corrected chi connectivity index (χ1v) is 9.68. The summed E-state index contributed by atoms with van der Waals surface area (Å²) in [4.78, 5) is 23.9. The summed E-state index contributed by atoms with van der Waals surface area (Å²) in [5.41, 5.74) is 2.59. The van der Waals surface area contributed by atoms with Crippen molar-refractivity contribution < 1.29 is 23.6 Å². The SMILES string of the molecule is Cc1ccc(-c2cc(NC(=O)COC(=O)COc3ccc4ccccc4c3)on2)cc1. The Morgan fingerprint density at radius 2 is 1.71 bits per heavy atom. The van der Waals surface area contributed by atoms with E-state index in [1.807, 2.05) is 67.6 Å². The Kier molecular flexibility index (Phi) is 5.93. The van der Waals surface area contributed by atoms with E-state index in [0.717, 1.165) is 21.9 Å². The van der Waals surface area contributed by atoms with Gasteiger partial charge in [0.05, 0.1) is 0 Å². The van der Waals surface area contributed by atoms with Crippen molar-refractivity contribution in [3.8, 4) is 17.0 Å². The number of nitrogens with one attached hydrogen (secondary N) is 1. The highest BCUT2D eigenvalue weighted by Gasteiger charge is 2.12. The average molecular weight is 416 g/mol. The minimum absolute atomic E-state index is 0.170. The van der Waals surface area contributed by atoms with Crippen LogP contribution in [0.5, 0.6) is 5.75 Å². The molecule has 4 aromatic rings. The van der Waals surface area contributed by atoms with Crippen LogP contribution in [0.15, 0.2) is 77.3 Å². The molecule has 4 rings (SSSR count). The molecule has 0 saturated heterocycles. The van der Waals surface area contributed by atoms with Crippen LogP contribution >= 0.6 is 0 Å². The van der Waals surface area contributed by atoms with Gasteiger partial charge < -0.3 is 14.0 Å². The Labute approximate surface area is 178 Å². The molecule has 156 valence electrons. The van der Waals surface area contributed by atoms with E-state index in [1.54, 1.807) is 12.1 Å². The van der Waals surface area contributed by atoms with E-state index in [-0.39, 0.29) is 12.5 Å². The van der Waals surface area contributed by atoms with Gasteiger partial charge in [-0.25, -0.2) is 4.79 Å². The maximum atomic E-state index is 12.0. The molecule has 3 aromatic carbocycles. The fourth-order valence-corrected chi connectivity index (χ4v) is 2.96. The zero-order chi connectivity index (χ0) is 21.6. The highest BCUT2D eigenvalue weighted by molar-refractivity contribution is 5.92. The Morgan fingerprint density at radius 3 is 2.52 bits per heavy atom. The van der Waals surface area contributed by atoms with Crippen molar-refractivity contribution in [2.75, 3.05) is 18.5 Å². The summed E-state index contributed by atoms with van der Waals surface area (Å²) in [5, 5.41) is 8.52. The second-order valence-electron chi connectivity index (χ2n) is 6.95. The van der Waals surface area contributed by atoms with Crippen molar-refractivity contribution in [3.63, 3.8) is 0 Å². The van der Waals surface area contributed by atoms with Crippen LogP contribution in [-0.4, -0.2) is 30.2 Å². The largest absolute Gasteiger partial charge is 0.482 e. The Bertz CT molecular complexity index is 1210. The average Bonchev–Trinajstić information content (AvgIpc) is 3.25. The van der Waals surface area contributed by atoms with Crippen molar-refractivity contribution in [1.82, 2.24) is 5.16 Å². The number of hydrogen-bond acceptors (Lipinski definition) is 6. The number of ether oxygens (including phenoxy) is 2. The van der Waals surface area contributed by atoms with Crippen molar-refractivity contribution in [1.29, 1.82) is 0 Å². The first kappa shape index (κ1) is 20.2. The number of carbonyl (C=O) groups is 2. The maximum absolute atomic E-state index is 12.0. The van der Waals surface area contributed by atoms with Gasteiger partial charge in [-0.15, -0.1) is 0 Å². The van der Waals surface area contributed by atoms with E-state index in [9.17, 15) is 9.59 Å². The number of fused-ring (bicyclic) bond motifs is 1. The molecular weight excluding hydrogens is 396 g/mol. The molecule has 0 saturated carbocycles. The van der Waals surface area contributed by atoms with Crippen LogP contribution in [0.3, 0.4) is 0 Å². The summed E-state index contributed by atoms with van der Waals surface area (Å²) >= 11 is 0. The molecule has 31 heavy (non-hydrogen) atoms. The van der Waals surface area contributed by atoms with E-state index in [4.69, 9.17) is 14.0 Å². The lowest BCUT2D eigenvalue weighted by Gasteiger charge is -2.07. The smallest absolute Gasteiger partial charge is 0.344 e. The van der Waals surface area contributed by atoms with Gasteiger partial charge in [0.1, 0.15) is 11.4 Å². The molecule has 0 aliphatic carbocycles. The molecule has 1 N–H and O–H groups in total. The molecular formula is C24H20N2O5. The predicted molar refractivity (Wildman–Crippen MR) is 116 cm³/mol. The van der Waals surface area contributed by atoms with Crippen LogP contribution in [0.1, 0.15) is 5.56 Å².